The Morgan fingerprint density at radius 2 is 1.91 bits per heavy atom. The first-order valence-electron chi connectivity index (χ1n) is 7.98. The molecule has 6 nitrogen and oxygen atoms in total. The Morgan fingerprint density at radius 1 is 1.09 bits per heavy atom. The van der Waals surface area contributed by atoms with Gasteiger partial charge >= 0.3 is 0 Å². The van der Waals surface area contributed by atoms with E-state index in [4.69, 9.17) is 4.98 Å². The van der Waals surface area contributed by atoms with Gasteiger partial charge in [0.15, 0.2) is 5.82 Å². The Morgan fingerprint density at radius 3 is 2.70 bits per heavy atom. The molecule has 4 heterocycles. The van der Waals surface area contributed by atoms with Crippen molar-refractivity contribution in [1.29, 1.82) is 0 Å². The lowest BCUT2D eigenvalue weighted by Crippen LogP contribution is -2.35. The predicted octanol–water partition coefficient (Wildman–Crippen LogP) is 2.79. The van der Waals surface area contributed by atoms with Gasteiger partial charge in [-0.3, -0.25) is 0 Å². The Hall–Kier alpha value is -2.02. The molecule has 3 aromatic rings. The van der Waals surface area contributed by atoms with Gasteiger partial charge < -0.3 is 9.47 Å². The fraction of sp³-hybridized carbons (Fsp3) is 0.500. The van der Waals surface area contributed by atoms with E-state index in [1.54, 1.807) is 11.3 Å². The minimum Gasteiger partial charge on any atom is -0.347 e. The molecular formula is C16H20N6S. The van der Waals surface area contributed by atoms with Gasteiger partial charge in [-0.1, -0.05) is 6.92 Å². The highest BCUT2D eigenvalue weighted by atomic mass is 32.1. The van der Waals surface area contributed by atoms with E-state index in [0.717, 1.165) is 54.2 Å². The lowest BCUT2D eigenvalue weighted by Gasteiger charge is -2.29. The third-order valence-corrected chi connectivity index (χ3v) is 5.67. The van der Waals surface area contributed by atoms with E-state index in [0.29, 0.717) is 0 Å². The van der Waals surface area contributed by atoms with Crippen molar-refractivity contribution >= 4 is 27.4 Å². The molecule has 1 aliphatic heterocycles. The van der Waals surface area contributed by atoms with E-state index in [1.807, 2.05) is 6.92 Å². The Bertz CT molecular complexity index is 894. The molecule has 0 atom stereocenters. The molecule has 0 spiro atoms. The topological polar surface area (TPSA) is 59.7 Å². The second kappa shape index (κ2) is 5.26. The zero-order chi connectivity index (χ0) is 16.1. The summed E-state index contributed by atoms with van der Waals surface area (Å²) < 4.78 is 2.24. The third-order valence-electron chi connectivity index (χ3n) is 4.57. The van der Waals surface area contributed by atoms with Gasteiger partial charge in [-0.15, -0.1) is 21.5 Å². The number of fused-ring (bicyclic) bond motifs is 2. The summed E-state index contributed by atoms with van der Waals surface area (Å²) in [6, 6.07) is 0. The average Bonchev–Trinajstić information content (AvgIpc) is 3.07. The molecular weight excluding hydrogens is 308 g/mol. The van der Waals surface area contributed by atoms with Crippen LogP contribution < -0.4 is 4.90 Å². The summed E-state index contributed by atoms with van der Waals surface area (Å²) in [5.41, 5.74) is 1.29. The maximum atomic E-state index is 4.76. The number of aromatic nitrogens is 5. The van der Waals surface area contributed by atoms with Gasteiger partial charge in [0.1, 0.15) is 22.3 Å². The molecule has 0 radical (unpaired) electrons. The largest absolute Gasteiger partial charge is 0.347 e. The van der Waals surface area contributed by atoms with E-state index in [1.165, 1.54) is 15.8 Å². The first kappa shape index (κ1) is 14.6. The Balaban J connectivity index is 1.81. The fourth-order valence-corrected chi connectivity index (χ4v) is 4.29. The lowest BCUT2D eigenvalue weighted by molar-refractivity contribution is 0.542. The van der Waals surface area contributed by atoms with Gasteiger partial charge in [0, 0.05) is 24.4 Å². The Labute approximate surface area is 139 Å². The van der Waals surface area contributed by atoms with Crippen molar-refractivity contribution in [2.24, 2.45) is 0 Å². The zero-order valence-electron chi connectivity index (χ0n) is 13.9. The molecule has 4 rings (SSSR count). The third kappa shape index (κ3) is 2.22. The number of rotatable bonds is 2. The molecule has 120 valence electrons. The summed E-state index contributed by atoms with van der Waals surface area (Å²) in [7, 11) is 0. The van der Waals surface area contributed by atoms with Gasteiger partial charge in [-0.2, -0.15) is 0 Å². The van der Waals surface area contributed by atoms with Crippen LogP contribution >= 0.6 is 11.3 Å². The van der Waals surface area contributed by atoms with Crippen molar-refractivity contribution in [2.75, 3.05) is 11.4 Å². The summed E-state index contributed by atoms with van der Waals surface area (Å²) in [5, 5.41) is 9.86. The van der Waals surface area contributed by atoms with E-state index < -0.39 is 0 Å². The number of hydrogen-bond donors (Lipinski definition) is 0. The van der Waals surface area contributed by atoms with Crippen LogP contribution in [0, 0.1) is 20.8 Å². The molecule has 3 aromatic heterocycles. The van der Waals surface area contributed by atoms with E-state index >= 15 is 0 Å². The van der Waals surface area contributed by atoms with Crippen LogP contribution in [0.3, 0.4) is 0 Å². The molecule has 0 aliphatic carbocycles. The summed E-state index contributed by atoms with van der Waals surface area (Å²) in [6.07, 6.45) is 0.923. The molecule has 1 aliphatic rings. The van der Waals surface area contributed by atoms with Crippen molar-refractivity contribution in [3.8, 4) is 0 Å². The van der Waals surface area contributed by atoms with Crippen molar-refractivity contribution in [1.82, 2.24) is 24.7 Å². The van der Waals surface area contributed by atoms with E-state index in [-0.39, 0.29) is 0 Å². The van der Waals surface area contributed by atoms with Crippen LogP contribution in [0.15, 0.2) is 0 Å². The predicted molar refractivity (Wildman–Crippen MR) is 92.1 cm³/mol. The van der Waals surface area contributed by atoms with Crippen LogP contribution in [0.1, 0.15) is 34.8 Å². The smallest absolute Gasteiger partial charge is 0.152 e. The first-order valence-corrected chi connectivity index (χ1v) is 8.80. The number of thiophene rings is 1. The van der Waals surface area contributed by atoms with Crippen LogP contribution in [-0.2, 0) is 19.5 Å². The van der Waals surface area contributed by atoms with Gasteiger partial charge in [0.05, 0.1) is 11.9 Å². The zero-order valence-corrected chi connectivity index (χ0v) is 14.7. The van der Waals surface area contributed by atoms with Gasteiger partial charge in [-0.05, 0) is 26.3 Å². The van der Waals surface area contributed by atoms with Gasteiger partial charge in [0.2, 0.25) is 0 Å². The molecule has 0 bridgehead atoms. The van der Waals surface area contributed by atoms with Crippen molar-refractivity contribution in [3.05, 3.63) is 27.9 Å². The van der Waals surface area contributed by atoms with Crippen LogP contribution in [0.4, 0.5) is 5.82 Å². The summed E-state index contributed by atoms with van der Waals surface area (Å²) in [4.78, 5) is 14.1. The van der Waals surface area contributed by atoms with Crippen LogP contribution in [0.2, 0.25) is 0 Å². The summed E-state index contributed by atoms with van der Waals surface area (Å²) in [6.45, 7) is 11.0. The standard InChI is InChI=1S/C16H20N6S/c1-5-12-19-20-13-8-21(6-7-22(12)13)15-14-9(2)10(3)23-16(14)18-11(4)17-15/h5-8H2,1-4H3. The number of aryl methyl sites for hydroxylation is 4. The van der Waals surface area contributed by atoms with E-state index in [2.05, 4.69) is 45.4 Å². The van der Waals surface area contributed by atoms with Crippen molar-refractivity contribution < 1.29 is 0 Å². The highest BCUT2D eigenvalue weighted by molar-refractivity contribution is 7.18. The molecule has 0 amide bonds. The molecule has 7 heteroatoms. The van der Waals surface area contributed by atoms with Gasteiger partial charge in [-0.25, -0.2) is 9.97 Å². The fourth-order valence-electron chi connectivity index (χ4n) is 3.22. The summed E-state index contributed by atoms with van der Waals surface area (Å²) in [5.74, 6) is 3.98. The molecule has 23 heavy (non-hydrogen) atoms. The second-order valence-corrected chi connectivity index (χ2v) is 7.22. The first-order chi connectivity index (χ1) is 11.1. The maximum Gasteiger partial charge on any atom is 0.152 e. The molecule has 0 saturated heterocycles. The quantitative estimate of drug-likeness (QED) is 0.724. The molecule has 0 aromatic carbocycles. The monoisotopic (exact) mass is 328 g/mol. The highest BCUT2D eigenvalue weighted by Gasteiger charge is 2.24. The second-order valence-electron chi connectivity index (χ2n) is 6.02. The van der Waals surface area contributed by atoms with E-state index in [9.17, 15) is 0 Å². The van der Waals surface area contributed by atoms with Gasteiger partial charge in [0.25, 0.3) is 0 Å². The number of nitrogens with zero attached hydrogens (tertiary/aromatic N) is 6. The number of anilines is 1. The number of hydrogen-bond acceptors (Lipinski definition) is 6. The normalized spacial score (nSPS) is 14.5. The highest BCUT2D eigenvalue weighted by Crippen LogP contribution is 2.35. The minimum absolute atomic E-state index is 0.757. The molecule has 0 N–H and O–H groups in total. The SMILES string of the molecule is CCc1nnc2n1CCN(c1nc(C)nc3sc(C)c(C)c13)C2. The molecule has 0 saturated carbocycles. The van der Waals surface area contributed by atoms with Crippen molar-refractivity contribution in [2.45, 2.75) is 47.2 Å². The van der Waals surface area contributed by atoms with Crippen molar-refractivity contribution in [3.63, 3.8) is 0 Å². The summed E-state index contributed by atoms with van der Waals surface area (Å²) >= 11 is 1.75. The molecule has 0 fully saturated rings. The maximum absolute atomic E-state index is 4.76. The van der Waals surface area contributed by atoms with Crippen LogP contribution in [-0.4, -0.2) is 31.3 Å². The van der Waals surface area contributed by atoms with Crippen LogP contribution in [0.5, 0.6) is 0 Å². The molecule has 0 unspecified atom stereocenters. The minimum atomic E-state index is 0.757. The lowest BCUT2D eigenvalue weighted by atomic mass is 10.2. The van der Waals surface area contributed by atoms with Crippen LogP contribution in [0.25, 0.3) is 10.2 Å². The average molecular weight is 328 g/mol. The Kier molecular flexibility index (Phi) is 3.33.